The number of amides is 2. The molecule has 41 heavy (non-hydrogen) atoms. The van der Waals surface area contributed by atoms with Crippen molar-refractivity contribution in [3.63, 3.8) is 0 Å². The zero-order chi connectivity index (χ0) is 29.8. The van der Waals surface area contributed by atoms with Gasteiger partial charge in [-0.15, -0.1) is 0 Å². The maximum absolute atomic E-state index is 13.1. The molecule has 0 aliphatic rings. The van der Waals surface area contributed by atoms with Crippen molar-refractivity contribution in [3.05, 3.63) is 104 Å². The molecule has 2 amide bonds. The fourth-order valence-electron chi connectivity index (χ4n) is 3.72. The van der Waals surface area contributed by atoms with Crippen molar-refractivity contribution in [2.45, 2.75) is 46.8 Å². The first kappa shape index (κ1) is 30.8. The molecule has 218 valence electrons. The van der Waals surface area contributed by atoms with Gasteiger partial charge in [0.15, 0.2) is 0 Å². The van der Waals surface area contributed by atoms with Gasteiger partial charge in [0.2, 0.25) is 0 Å². The standard InChI is InChI=1S/C29H33N3O9/c1-20(2)24(26(34)39-15-14-38-19-31-16-21(3)25(33)30-27(31)35)32(28(36)40-17-22-10-6-4-7-11-22)29(37)41-18-23-12-8-5-9-13-23/h4-13,16,20,24H,14-15,17-19H2,1-3H3,(H,30,33,35)/t24-/m0/s1. The lowest BCUT2D eigenvalue weighted by Gasteiger charge is -2.29. The average molecular weight is 568 g/mol. The first-order chi connectivity index (χ1) is 19.7. The second-order valence-corrected chi connectivity index (χ2v) is 9.39. The lowest BCUT2D eigenvalue weighted by Crippen LogP contribution is -2.52. The molecule has 3 aromatic rings. The predicted octanol–water partition coefficient (Wildman–Crippen LogP) is 3.36. The number of carbonyl (C=O) groups excluding carboxylic acids is 3. The van der Waals surface area contributed by atoms with Crippen molar-refractivity contribution >= 4 is 18.2 Å². The average Bonchev–Trinajstić information content (AvgIpc) is 2.96. The molecule has 1 N–H and O–H groups in total. The quantitative estimate of drug-likeness (QED) is 0.198. The summed E-state index contributed by atoms with van der Waals surface area (Å²) < 4.78 is 22.6. The minimum atomic E-state index is -1.36. The number of esters is 1. The normalized spacial score (nSPS) is 11.5. The molecule has 0 saturated heterocycles. The third-order valence-electron chi connectivity index (χ3n) is 5.85. The third kappa shape index (κ3) is 9.17. The molecule has 0 radical (unpaired) electrons. The van der Waals surface area contributed by atoms with Crippen LogP contribution in [-0.2, 0) is 43.7 Å². The molecule has 2 aromatic carbocycles. The maximum Gasteiger partial charge on any atom is 0.420 e. The van der Waals surface area contributed by atoms with Gasteiger partial charge in [0.25, 0.3) is 5.56 Å². The summed E-state index contributed by atoms with van der Waals surface area (Å²) in [5.74, 6) is -1.42. The lowest BCUT2D eigenvalue weighted by atomic mass is 10.0. The summed E-state index contributed by atoms with van der Waals surface area (Å²) in [6, 6.07) is 16.4. The van der Waals surface area contributed by atoms with Crippen molar-refractivity contribution in [1.82, 2.24) is 14.5 Å². The van der Waals surface area contributed by atoms with E-state index >= 15 is 0 Å². The highest BCUT2D eigenvalue weighted by atomic mass is 16.6. The summed E-state index contributed by atoms with van der Waals surface area (Å²) in [5, 5.41) is 0. The molecular weight excluding hydrogens is 534 g/mol. The number of nitrogens with zero attached hydrogens (tertiary/aromatic N) is 2. The largest absolute Gasteiger partial charge is 0.462 e. The Bertz CT molecular complexity index is 1360. The Morgan fingerprint density at radius 1 is 0.829 bits per heavy atom. The van der Waals surface area contributed by atoms with Crippen molar-refractivity contribution in [2.24, 2.45) is 5.92 Å². The number of imide groups is 1. The van der Waals surface area contributed by atoms with Crippen molar-refractivity contribution in [2.75, 3.05) is 13.2 Å². The van der Waals surface area contributed by atoms with Crippen LogP contribution in [0.4, 0.5) is 9.59 Å². The number of benzene rings is 2. The summed E-state index contributed by atoms with van der Waals surface area (Å²) in [6.07, 6.45) is -0.777. The molecule has 0 saturated carbocycles. The molecular formula is C29H33N3O9. The van der Waals surface area contributed by atoms with Crippen LogP contribution in [0.25, 0.3) is 0 Å². The number of ether oxygens (including phenoxy) is 4. The van der Waals surface area contributed by atoms with Crippen molar-refractivity contribution < 1.29 is 33.3 Å². The van der Waals surface area contributed by atoms with Gasteiger partial charge >= 0.3 is 23.8 Å². The van der Waals surface area contributed by atoms with E-state index in [0.717, 1.165) is 4.57 Å². The molecule has 12 heteroatoms. The molecule has 0 aliphatic heterocycles. The van der Waals surface area contributed by atoms with Crippen LogP contribution in [0, 0.1) is 12.8 Å². The van der Waals surface area contributed by atoms with Gasteiger partial charge in [-0.3, -0.25) is 14.3 Å². The topological polar surface area (TPSA) is 146 Å². The van der Waals surface area contributed by atoms with Gasteiger partial charge in [-0.2, -0.15) is 4.90 Å². The Morgan fingerprint density at radius 2 is 1.37 bits per heavy atom. The van der Waals surface area contributed by atoms with E-state index in [1.807, 2.05) is 12.1 Å². The number of nitrogens with one attached hydrogen (secondary N) is 1. The minimum Gasteiger partial charge on any atom is -0.462 e. The molecule has 0 unspecified atom stereocenters. The second kappa shape index (κ2) is 15.2. The Morgan fingerprint density at radius 3 is 1.88 bits per heavy atom. The highest BCUT2D eigenvalue weighted by molar-refractivity contribution is 5.94. The summed E-state index contributed by atoms with van der Waals surface area (Å²) in [7, 11) is 0. The SMILES string of the molecule is Cc1cn(COCCOC(=O)[C@H](C(C)C)N(C(=O)OCc2ccccc2)C(=O)OCc2ccccc2)c(=O)[nH]c1=O. The predicted molar refractivity (Wildman–Crippen MR) is 147 cm³/mol. The molecule has 1 heterocycles. The van der Waals surface area contributed by atoms with Crippen LogP contribution in [0.2, 0.25) is 0 Å². The summed E-state index contributed by atoms with van der Waals surface area (Å²) in [6.45, 7) is 4.07. The van der Waals surface area contributed by atoms with E-state index in [9.17, 15) is 24.0 Å². The number of H-pyrrole nitrogens is 1. The van der Waals surface area contributed by atoms with E-state index in [1.165, 1.54) is 6.20 Å². The van der Waals surface area contributed by atoms with Crippen LogP contribution in [0.1, 0.15) is 30.5 Å². The highest BCUT2D eigenvalue weighted by Crippen LogP contribution is 2.18. The maximum atomic E-state index is 13.1. The summed E-state index contributed by atoms with van der Waals surface area (Å²) in [5.41, 5.74) is 0.579. The first-order valence-corrected chi connectivity index (χ1v) is 12.9. The second-order valence-electron chi connectivity index (χ2n) is 9.39. The lowest BCUT2D eigenvalue weighted by molar-refractivity contribution is -0.152. The van der Waals surface area contributed by atoms with Gasteiger partial charge in [0.05, 0.1) is 6.61 Å². The Hall–Kier alpha value is -4.71. The molecule has 0 spiro atoms. The Labute approximate surface area is 236 Å². The minimum absolute atomic E-state index is 0.0991. The van der Waals surface area contributed by atoms with Gasteiger partial charge < -0.3 is 18.9 Å². The van der Waals surface area contributed by atoms with E-state index in [1.54, 1.807) is 69.3 Å². The molecule has 0 fully saturated rings. The number of aryl methyl sites for hydroxylation is 1. The number of rotatable bonds is 12. The van der Waals surface area contributed by atoms with Gasteiger partial charge in [0, 0.05) is 11.8 Å². The highest BCUT2D eigenvalue weighted by Gasteiger charge is 2.40. The molecule has 0 bridgehead atoms. The molecule has 1 aromatic heterocycles. The van der Waals surface area contributed by atoms with Crippen LogP contribution < -0.4 is 11.2 Å². The van der Waals surface area contributed by atoms with Crippen LogP contribution >= 0.6 is 0 Å². The van der Waals surface area contributed by atoms with Crippen molar-refractivity contribution in [1.29, 1.82) is 0 Å². The summed E-state index contributed by atoms with van der Waals surface area (Å²) in [4.78, 5) is 65.6. The van der Waals surface area contributed by atoms with E-state index in [0.29, 0.717) is 21.6 Å². The Kier molecular flexibility index (Phi) is 11.4. The molecule has 0 aliphatic carbocycles. The number of carbonyl (C=O) groups is 3. The third-order valence-corrected chi connectivity index (χ3v) is 5.85. The fourth-order valence-corrected chi connectivity index (χ4v) is 3.72. The number of aromatic nitrogens is 2. The summed E-state index contributed by atoms with van der Waals surface area (Å²) >= 11 is 0. The number of hydrogen-bond donors (Lipinski definition) is 1. The van der Waals surface area contributed by atoms with Crippen LogP contribution in [-0.4, -0.2) is 51.9 Å². The van der Waals surface area contributed by atoms with Crippen LogP contribution in [0.3, 0.4) is 0 Å². The number of hydrogen-bond acceptors (Lipinski definition) is 9. The molecule has 3 rings (SSSR count). The zero-order valence-electron chi connectivity index (χ0n) is 23.1. The van der Waals surface area contributed by atoms with Gasteiger partial charge in [-0.05, 0) is 24.0 Å². The van der Waals surface area contributed by atoms with Crippen LogP contribution in [0.5, 0.6) is 0 Å². The zero-order valence-corrected chi connectivity index (χ0v) is 23.1. The van der Waals surface area contributed by atoms with Gasteiger partial charge in [-0.1, -0.05) is 74.5 Å². The van der Waals surface area contributed by atoms with E-state index in [-0.39, 0.29) is 33.2 Å². The molecule has 12 nitrogen and oxygen atoms in total. The van der Waals surface area contributed by atoms with E-state index in [4.69, 9.17) is 18.9 Å². The van der Waals surface area contributed by atoms with E-state index < -0.39 is 41.4 Å². The first-order valence-electron chi connectivity index (χ1n) is 12.9. The van der Waals surface area contributed by atoms with E-state index in [2.05, 4.69) is 4.98 Å². The number of aromatic amines is 1. The van der Waals surface area contributed by atoms with Gasteiger partial charge in [0.1, 0.15) is 32.6 Å². The Balaban J connectivity index is 1.66. The van der Waals surface area contributed by atoms with Crippen molar-refractivity contribution in [3.8, 4) is 0 Å². The van der Waals surface area contributed by atoms with Crippen LogP contribution in [0.15, 0.2) is 76.4 Å². The monoisotopic (exact) mass is 567 g/mol. The smallest absolute Gasteiger partial charge is 0.420 e. The molecule has 1 atom stereocenters. The van der Waals surface area contributed by atoms with Gasteiger partial charge in [-0.25, -0.2) is 19.2 Å². The fraction of sp³-hybridized carbons (Fsp3) is 0.345.